The average molecular weight is 766 g/mol. The Morgan fingerprint density at radius 3 is 2.36 bits per heavy atom. The Labute approximate surface area is 324 Å². The fourth-order valence-corrected chi connectivity index (χ4v) is 6.93. The summed E-state index contributed by atoms with van der Waals surface area (Å²) in [5.41, 5.74) is 10.1. The molecule has 0 radical (unpaired) electrons. The Bertz CT molecular complexity index is 2130. The van der Waals surface area contributed by atoms with Gasteiger partial charge in [-0.05, 0) is 85.3 Å². The number of nitrogens with two attached hydrogens (primary N) is 1. The highest BCUT2D eigenvalue weighted by atomic mass is 35.5. The number of anilines is 1. The summed E-state index contributed by atoms with van der Waals surface area (Å²) < 4.78 is 5.50. The molecule has 1 fully saturated rings. The number of hydrogen-bond donors (Lipinski definition) is 6. The van der Waals surface area contributed by atoms with Crippen molar-refractivity contribution in [2.24, 2.45) is 10.7 Å². The number of piperidine rings is 1. The van der Waals surface area contributed by atoms with E-state index in [1.54, 1.807) is 43.2 Å². The number of carbonyl (C=O) groups is 3. The van der Waals surface area contributed by atoms with Crippen LogP contribution in [0.15, 0.2) is 89.9 Å². The number of benzodiazepines with no additional fused rings is 1. The van der Waals surface area contributed by atoms with Gasteiger partial charge in [0.15, 0.2) is 0 Å². The summed E-state index contributed by atoms with van der Waals surface area (Å²) in [4.78, 5) is 46.5. The number of ether oxygens (including phenoxy) is 1. The summed E-state index contributed by atoms with van der Waals surface area (Å²) in [7, 11) is 2.57. The van der Waals surface area contributed by atoms with E-state index in [1.165, 1.54) is 23.1 Å². The van der Waals surface area contributed by atoms with Crippen LogP contribution in [0.4, 0.5) is 5.69 Å². The van der Waals surface area contributed by atoms with Gasteiger partial charge in [0.1, 0.15) is 29.2 Å². The molecule has 3 amide bonds. The van der Waals surface area contributed by atoms with E-state index in [1.807, 2.05) is 36.4 Å². The minimum atomic E-state index is -0.887. The molecule has 4 aromatic carbocycles. The zero-order chi connectivity index (χ0) is 39.8. The van der Waals surface area contributed by atoms with Crippen LogP contribution in [0.3, 0.4) is 0 Å². The molecule has 0 unspecified atom stereocenters. The fourth-order valence-electron chi connectivity index (χ4n) is 6.80. The Morgan fingerprint density at radius 2 is 1.71 bits per heavy atom. The summed E-state index contributed by atoms with van der Waals surface area (Å²) in [5, 5.41) is 38.2. The van der Waals surface area contributed by atoms with Gasteiger partial charge in [0.05, 0.1) is 30.5 Å². The zero-order valence-electron chi connectivity index (χ0n) is 30.8. The number of amides is 3. The molecule has 1 atom stereocenters. The molecule has 0 spiro atoms. The van der Waals surface area contributed by atoms with E-state index >= 15 is 0 Å². The highest BCUT2D eigenvalue weighted by Gasteiger charge is 2.32. The summed E-state index contributed by atoms with van der Waals surface area (Å²) >= 11 is 6.19. The van der Waals surface area contributed by atoms with E-state index < -0.39 is 11.9 Å². The van der Waals surface area contributed by atoms with Crippen molar-refractivity contribution >= 4 is 52.4 Å². The molecule has 2 aliphatic heterocycles. The second-order valence-electron chi connectivity index (χ2n) is 13.1. The topological polar surface area (TPSA) is 205 Å². The van der Waals surface area contributed by atoms with Crippen molar-refractivity contribution < 1.29 is 29.3 Å². The van der Waals surface area contributed by atoms with Gasteiger partial charge < -0.3 is 30.9 Å². The number of aliphatic hydroxyl groups is 1. The van der Waals surface area contributed by atoms with Crippen molar-refractivity contribution in [1.82, 2.24) is 10.2 Å². The van der Waals surface area contributed by atoms with Crippen LogP contribution in [0.1, 0.15) is 75.1 Å². The molecule has 14 heteroatoms. The number of aromatic hydroxyl groups is 1. The van der Waals surface area contributed by atoms with Crippen molar-refractivity contribution in [3.63, 3.8) is 0 Å². The van der Waals surface area contributed by atoms with Gasteiger partial charge in [0.2, 0.25) is 5.91 Å². The number of benzene rings is 4. The van der Waals surface area contributed by atoms with E-state index in [0.717, 1.165) is 36.6 Å². The minimum Gasteiger partial charge on any atom is -0.507 e. The van der Waals surface area contributed by atoms with Crippen LogP contribution in [0.25, 0.3) is 0 Å². The normalized spacial score (nSPS) is 15.5. The maximum Gasteiger partial charge on any atom is 0.253 e. The Morgan fingerprint density at radius 1 is 1.00 bits per heavy atom. The molecule has 286 valence electrons. The molecule has 13 nitrogen and oxygen atoms in total. The van der Waals surface area contributed by atoms with E-state index in [0.29, 0.717) is 46.4 Å². The maximum absolute atomic E-state index is 13.5. The third-order valence-electron chi connectivity index (χ3n) is 9.58. The fraction of sp³-hybridized carbons (Fsp3) is 0.268. The monoisotopic (exact) mass is 765 g/mol. The van der Waals surface area contributed by atoms with Gasteiger partial charge >= 0.3 is 0 Å². The first-order chi connectivity index (χ1) is 26.4. The quantitative estimate of drug-likeness (QED) is 0.0954. The van der Waals surface area contributed by atoms with Crippen molar-refractivity contribution in [3.05, 3.63) is 123 Å². The van der Waals surface area contributed by atoms with Gasteiger partial charge in [-0.25, -0.2) is 0 Å². The number of likely N-dealkylation sites (tertiary alicyclic amines) is 1. The third-order valence-corrected chi connectivity index (χ3v) is 9.83. The standard InChI is InChI=1S/C40H40ClN7O5.CH4O/c1-23(42)48-34-12-11-30(53-2)20-31(34)37(26-6-9-29(41)10-7-26)46-33(38(48)43)21-36(50)45-22-24-4-3-5-27(18-24)25-14-16-47(17-15-25)40(52)28-8-13-35(49)32(19-28)39(44)51;1-2/h3-13,18-20,25,33,42-43,49H,14-17,21-22H2,1-2H3,(H2,44,51)(H,45,50);2H,1H3/t33-;/m0./s1. The predicted molar refractivity (Wildman–Crippen MR) is 213 cm³/mol. The molecule has 4 aromatic rings. The number of methoxy groups -OCH3 is 1. The smallest absolute Gasteiger partial charge is 0.253 e. The van der Waals surface area contributed by atoms with Crippen LogP contribution in [0, 0.1) is 10.8 Å². The molecule has 0 saturated carbocycles. The lowest BCUT2D eigenvalue weighted by atomic mass is 9.88. The lowest BCUT2D eigenvalue weighted by Crippen LogP contribution is -2.42. The Kier molecular flexibility index (Phi) is 13.0. The Hall–Kier alpha value is -6.05. The average Bonchev–Trinajstić information content (AvgIpc) is 3.31. The van der Waals surface area contributed by atoms with Crippen LogP contribution >= 0.6 is 11.6 Å². The van der Waals surface area contributed by atoms with Crippen molar-refractivity contribution in [2.75, 3.05) is 32.2 Å². The van der Waals surface area contributed by atoms with Crippen LogP contribution in [-0.4, -0.2) is 83.6 Å². The molecule has 0 aromatic heterocycles. The first-order valence-electron chi connectivity index (χ1n) is 17.6. The molecular formula is C41H44ClN7O6. The molecule has 0 bridgehead atoms. The molecular weight excluding hydrogens is 722 g/mol. The van der Waals surface area contributed by atoms with Crippen molar-refractivity contribution in [1.29, 1.82) is 10.8 Å². The number of phenols is 1. The number of halogens is 1. The third kappa shape index (κ3) is 9.19. The highest BCUT2D eigenvalue weighted by Crippen LogP contribution is 2.34. The first kappa shape index (κ1) is 40.1. The van der Waals surface area contributed by atoms with E-state index in [4.69, 9.17) is 43.0 Å². The largest absolute Gasteiger partial charge is 0.507 e. The summed E-state index contributed by atoms with van der Waals surface area (Å²) in [6.07, 6.45) is 1.35. The number of primary amides is 1. The number of amidine groups is 2. The van der Waals surface area contributed by atoms with Crippen LogP contribution in [0.2, 0.25) is 5.02 Å². The second-order valence-corrected chi connectivity index (χ2v) is 13.5. The van der Waals surface area contributed by atoms with Gasteiger partial charge in [-0.15, -0.1) is 0 Å². The minimum absolute atomic E-state index is 0.00794. The Balaban J connectivity index is 0.00000285. The summed E-state index contributed by atoms with van der Waals surface area (Å²) in [6.45, 7) is 2.90. The number of aliphatic imine (C=N–C) groups is 1. The van der Waals surface area contributed by atoms with Crippen molar-refractivity contribution in [2.45, 2.75) is 44.7 Å². The van der Waals surface area contributed by atoms with Crippen LogP contribution in [0.5, 0.6) is 11.5 Å². The number of carbonyl (C=O) groups excluding carboxylic acids is 3. The van der Waals surface area contributed by atoms with Gasteiger partial charge in [0, 0.05) is 48.5 Å². The number of rotatable bonds is 9. The predicted octanol–water partition coefficient (Wildman–Crippen LogP) is 5.49. The number of hydrogen-bond acceptors (Lipinski definition) is 9. The SMILES string of the molecule is CO.COc1ccc2c(c1)C(c1ccc(Cl)cc1)=N[C@@H](CC(=O)NCc1cccc(C3CCN(C(=O)c4ccc(O)c(C(N)=O)c4)CC3)c1)C(=N)N2C(C)=N. The van der Waals surface area contributed by atoms with Crippen molar-refractivity contribution in [3.8, 4) is 11.5 Å². The second kappa shape index (κ2) is 17.9. The molecule has 7 N–H and O–H groups in total. The van der Waals surface area contributed by atoms with E-state index in [-0.39, 0.29) is 53.7 Å². The molecule has 0 aliphatic carbocycles. The number of aliphatic hydroxyl groups excluding tert-OH is 1. The van der Waals surface area contributed by atoms with E-state index in [9.17, 15) is 19.5 Å². The lowest BCUT2D eigenvalue weighted by Gasteiger charge is -2.32. The van der Waals surface area contributed by atoms with Crippen LogP contribution in [-0.2, 0) is 11.3 Å². The molecule has 1 saturated heterocycles. The van der Waals surface area contributed by atoms with Gasteiger partial charge in [-0.3, -0.25) is 35.1 Å². The summed E-state index contributed by atoms with van der Waals surface area (Å²) in [5.74, 6) is -0.666. The lowest BCUT2D eigenvalue weighted by molar-refractivity contribution is -0.121. The molecule has 2 heterocycles. The summed E-state index contributed by atoms with van der Waals surface area (Å²) in [6, 6.07) is 23.8. The number of nitrogens with zero attached hydrogens (tertiary/aromatic N) is 3. The molecule has 2 aliphatic rings. The highest BCUT2D eigenvalue weighted by molar-refractivity contribution is 6.31. The van der Waals surface area contributed by atoms with Gasteiger partial charge in [-0.1, -0.05) is 48.0 Å². The molecule has 55 heavy (non-hydrogen) atoms. The maximum atomic E-state index is 13.5. The van der Waals surface area contributed by atoms with Crippen LogP contribution < -0.4 is 20.7 Å². The van der Waals surface area contributed by atoms with E-state index in [2.05, 4.69) is 11.4 Å². The number of nitrogens with one attached hydrogen (secondary N) is 3. The molecule has 6 rings (SSSR count). The zero-order valence-corrected chi connectivity index (χ0v) is 31.6. The van der Waals surface area contributed by atoms with Gasteiger partial charge in [0.25, 0.3) is 11.8 Å². The van der Waals surface area contributed by atoms with Gasteiger partial charge in [-0.2, -0.15) is 0 Å². The number of fused-ring (bicyclic) bond motifs is 1. The first-order valence-corrected chi connectivity index (χ1v) is 18.0.